The van der Waals surface area contributed by atoms with E-state index < -0.39 is 10.8 Å². The molecule has 1 aromatic heterocycles. The summed E-state index contributed by atoms with van der Waals surface area (Å²) in [5, 5.41) is 4.90. The van der Waals surface area contributed by atoms with Crippen LogP contribution in [-0.4, -0.2) is 21.1 Å². The van der Waals surface area contributed by atoms with Crippen LogP contribution in [-0.2, 0) is 30.0 Å². The Kier molecular flexibility index (Phi) is 4.90. The average molecular weight is 328 g/mol. The van der Waals surface area contributed by atoms with E-state index in [1.165, 1.54) is 0 Å². The summed E-state index contributed by atoms with van der Waals surface area (Å²) in [4.78, 5) is 0.546. The van der Waals surface area contributed by atoms with Crippen LogP contribution in [0.15, 0.2) is 23.1 Å². The van der Waals surface area contributed by atoms with Crippen LogP contribution in [0.3, 0.4) is 0 Å². The third-order valence-corrected chi connectivity index (χ3v) is 5.05. The van der Waals surface area contributed by atoms with Gasteiger partial charge in [-0.05, 0) is 24.6 Å². The molecule has 1 atom stereocenters. The molecule has 0 aliphatic carbocycles. The normalized spacial score (nSPS) is 12.4. The first-order valence-electron chi connectivity index (χ1n) is 6.50. The van der Waals surface area contributed by atoms with Crippen LogP contribution >= 0.6 is 11.6 Å². The standard InChI is InChI=1S/C14H18ClN3O2S/c1-4-11-14(15)12(18(2)17-11)8-21(19)13-7-9(20-3)5-6-10(13)16/h5-7H,4,8,16H2,1-3H3. The van der Waals surface area contributed by atoms with Gasteiger partial charge in [0.2, 0.25) is 0 Å². The second kappa shape index (κ2) is 6.49. The number of halogens is 1. The summed E-state index contributed by atoms with van der Waals surface area (Å²) in [7, 11) is 2.04. The first kappa shape index (κ1) is 15.9. The maximum absolute atomic E-state index is 12.6. The highest BCUT2D eigenvalue weighted by molar-refractivity contribution is 7.84. The van der Waals surface area contributed by atoms with Gasteiger partial charge in [0.25, 0.3) is 0 Å². The van der Waals surface area contributed by atoms with Crippen LogP contribution in [0.4, 0.5) is 5.69 Å². The Labute approximate surface area is 131 Å². The zero-order valence-corrected chi connectivity index (χ0v) is 13.8. The maximum Gasteiger partial charge on any atom is 0.120 e. The SMILES string of the molecule is CCc1nn(C)c(CS(=O)c2cc(OC)ccc2N)c1Cl. The number of hydrogen-bond acceptors (Lipinski definition) is 4. The van der Waals surface area contributed by atoms with Gasteiger partial charge < -0.3 is 10.5 Å². The Balaban J connectivity index is 2.32. The summed E-state index contributed by atoms with van der Waals surface area (Å²) in [6.07, 6.45) is 0.737. The Hall–Kier alpha value is -1.53. The lowest BCUT2D eigenvalue weighted by atomic mass is 10.3. The van der Waals surface area contributed by atoms with Gasteiger partial charge >= 0.3 is 0 Å². The quantitative estimate of drug-likeness (QED) is 0.857. The van der Waals surface area contributed by atoms with E-state index in [1.54, 1.807) is 37.0 Å². The molecule has 1 aromatic carbocycles. The number of hydrogen-bond donors (Lipinski definition) is 1. The van der Waals surface area contributed by atoms with E-state index in [9.17, 15) is 4.21 Å². The summed E-state index contributed by atoms with van der Waals surface area (Å²) in [5.41, 5.74) is 7.93. The van der Waals surface area contributed by atoms with E-state index in [-0.39, 0.29) is 5.75 Å². The van der Waals surface area contributed by atoms with Crippen LogP contribution in [0, 0.1) is 0 Å². The van der Waals surface area contributed by atoms with Gasteiger partial charge in [-0.1, -0.05) is 18.5 Å². The summed E-state index contributed by atoms with van der Waals surface area (Å²) < 4.78 is 19.4. The lowest BCUT2D eigenvalue weighted by molar-refractivity contribution is 0.413. The topological polar surface area (TPSA) is 70.1 Å². The molecule has 0 spiro atoms. The molecule has 5 nitrogen and oxygen atoms in total. The molecule has 0 bridgehead atoms. The van der Waals surface area contributed by atoms with Gasteiger partial charge in [-0.3, -0.25) is 8.89 Å². The fourth-order valence-electron chi connectivity index (χ4n) is 2.02. The predicted molar refractivity (Wildman–Crippen MR) is 85.1 cm³/mol. The number of nitrogens with zero attached hydrogens (tertiary/aromatic N) is 2. The smallest absolute Gasteiger partial charge is 0.120 e. The molecule has 0 amide bonds. The van der Waals surface area contributed by atoms with Crippen LogP contribution in [0.2, 0.25) is 5.02 Å². The zero-order valence-electron chi connectivity index (χ0n) is 12.2. The number of nitrogen functional groups attached to an aromatic ring is 1. The number of ether oxygens (including phenoxy) is 1. The van der Waals surface area contributed by atoms with Crippen LogP contribution in [0.25, 0.3) is 0 Å². The molecule has 0 saturated heterocycles. The molecule has 21 heavy (non-hydrogen) atoms. The number of nitrogens with two attached hydrogens (primary N) is 1. The van der Waals surface area contributed by atoms with Gasteiger partial charge in [-0.15, -0.1) is 0 Å². The molecule has 0 fully saturated rings. The highest BCUT2D eigenvalue weighted by Crippen LogP contribution is 2.27. The molecule has 7 heteroatoms. The van der Waals surface area contributed by atoms with Crippen LogP contribution in [0.5, 0.6) is 5.75 Å². The molecule has 2 rings (SSSR count). The van der Waals surface area contributed by atoms with Crippen molar-refractivity contribution in [3.8, 4) is 5.75 Å². The van der Waals surface area contributed by atoms with Gasteiger partial charge in [-0.25, -0.2) is 0 Å². The van der Waals surface area contributed by atoms with Crippen molar-refractivity contribution < 1.29 is 8.95 Å². The lowest BCUT2D eigenvalue weighted by Crippen LogP contribution is -2.06. The van der Waals surface area contributed by atoms with Crippen molar-refractivity contribution in [2.24, 2.45) is 7.05 Å². The second-order valence-electron chi connectivity index (χ2n) is 4.58. The van der Waals surface area contributed by atoms with E-state index in [4.69, 9.17) is 22.1 Å². The van der Waals surface area contributed by atoms with Gasteiger partial charge in [0.1, 0.15) is 5.75 Å². The largest absolute Gasteiger partial charge is 0.497 e. The molecule has 2 aromatic rings. The summed E-state index contributed by atoms with van der Waals surface area (Å²) in [5.74, 6) is 0.887. The predicted octanol–water partition coefficient (Wildman–Crippen LogP) is 2.53. The second-order valence-corrected chi connectivity index (χ2v) is 6.38. The molecule has 1 heterocycles. The Morgan fingerprint density at radius 2 is 2.19 bits per heavy atom. The monoisotopic (exact) mass is 327 g/mol. The number of anilines is 1. The van der Waals surface area contributed by atoms with Crippen molar-refractivity contribution in [1.29, 1.82) is 0 Å². The van der Waals surface area contributed by atoms with Crippen molar-refractivity contribution >= 4 is 28.1 Å². The first-order chi connectivity index (χ1) is 9.97. The minimum Gasteiger partial charge on any atom is -0.497 e. The maximum atomic E-state index is 12.6. The van der Waals surface area contributed by atoms with E-state index >= 15 is 0 Å². The number of aromatic nitrogens is 2. The van der Waals surface area contributed by atoms with Gasteiger partial charge in [0, 0.05) is 12.7 Å². The number of methoxy groups -OCH3 is 1. The zero-order chi connectivity index (χ0) is 15.6. The summed E-state index contributed by atoms with van der Waals surface area (Å²) >= 11 is 6.29. The highest BCUT2D eigenvalue weighted by Gasteiger charge is 2.18. The van der Waals surface area contributed by atoms with Crippen LogP contribution in [0.1, 0.15) is 18.3 Å². The highest BCUT2D eigenvalue weighted by atomic mass is 35.5. The fourth-order valence-corrected chi connectivity index (χ4v) is 3.77. The molecule has 1 unspecified atom stereocenters. The lowest BCUT2D eigenvalue weighted by Gasteiger charge is -2.08. The molecule has 0 saturated carbocycles. The van der Waals surface area contributed by atoms with Gasteiger partial charge in [-0.2, -0.15) is 5.10 Å². The molecule has 2 N–H and O–H groups in total. The molecule has 0 aliphatic heterocycles. The van der Waals surface area contributed by atoms with Crippen molar-refractivity contribution in [2.75, 3.05) is 12.8 Å². The Bertz CT molecular complexity index is 685. The molecule has 114 valence electrons. The molecular formula is C14H18ClN3O2S. The van der Waals surface area contributed by atoms with E-state index in [1.807, 2.05) is 6.92 Å². The van der Waals surface area contributed by atoms with Crippen molar-refractivity contribution in [3.63, 3.8) is 0 Å². The fraction of sp³-hybridized carbons (Fsp3) is 0.357. The molecule has 0 radical (unpaired) electrons. The summed E-state index contributed by atoms with van der Waals surface area (Å²) in [6, 6.07) is 5.12. The van der Waals surface area contributed by atoms with Crippen molar-refractivity contribution in [1.82, 2.24) is 9.78 Å². The number of benzene rings is 1. The minimum atomic E-state index is -1.32. The van der Waals surface area contributed by atoms with E-state index in [0.717, 1.165) is 17.8 Å². The van der Waals surface area contributed by atoms with Gasteiger partial charge in [0.05, 0.1) is 45.0 Å². The van der Waals surface area contributed by atoms with E-state index in [2.05, 4.69) is 5.10 Å². The third-order valence-electron chi connectivity index (χ3n) is 3.24. The van der Waals surface area contributed by atoms with Crippen molar-refractivity contribution in [3.05, 3.63) is 34.6 Å². The number of rotatable bonds is 5. The Morgan fingerprint density at radius 3 is 2.76 bits per heavy atom. The average Bonchev–Trinajstić information content (AvgIpc) is 2.75. The molecular weight excluding hydrogens is 310 g/mol. The molecule has 0 aliphatic rings. The Morgan fingerprint density at radius 1 is 1.48 bits per heavy atom. The van der Waals surface area contributed by atoms with E-state index in [0.29, 0.717) is 21.4 Å². The van der Waals surface area contributed by atoms with Crippen LogP contribution < -0.4 is 10.5 Å². The minimum absolute atomic E-state index is 0.264. The summed E-state index contributed by atoms with van der Waals surface area (Å²) in [6.45, 7) is 1.98. The first-order valence-corrected chi connectivity index (χ1v) is 8.19. The van der Waals surface area contributed by atoms with Crippen molar-refractivity contribution in [2.45, 2.75) is 24.0 Å². The van der Waals surface area contributed by atoms with Gasteiger partial charge in [0.15, 0.2) is 0 Å². The third kappa shape index (κ3) is 3.22. The number of aryl methyl sites for hydroxylation is 2.